The molecule has 1 fully saturated rings. The largest absolute Gasteiger partial charge is 0.504 e. The lowest BCUT2D eigenvalue weighted by atomic mass is 9.99. The highest BCUT2D eigenvalue weighted by atomic mass is 16.7. The number of benzene rings is 1. The first kappa shape index (κ1) is 26.3. The van der Waals surface area contributed by atoms with E-state index < -0.39 is 78.8 Å². The summed E-state index contributed by atoms with van der Waals surface area (Å²) < 4.78 is 10.8. The van der Waals surface area contributed by atoms with Crippen LogP contribution >= 0.6 is 0 Å². The molecule has 0 aromatic heterocycles. The summed E-state index contributed by atoms with van der Waals surface area (Å²) >= 11 is 0. The molecule has 15 nitrogen and oxygen atoms in total. The van der Waals surface area contributed by atoms with E-state index in [1.807, 2.05) is 0 Å². The zero-order chi connectivity index (χ0) is 27.2. The Morgan fingerprint density at radius 3 is 2.32 bits per heavy atom. The van der Waals surface area contributed by atoms with Gasteiger partial charge in [0.05, 0.1) is 6.61 Å². The number of carboxylic acid groups (broad SMARTS) is 3. The maximum Gasteiger partial charge on any atom is 0.354 e. The van der Waals surface area contributed by atoms with E-state index in [-0.39, 0.29) is 30.0 Å². The van der Waals surface area contributed by atoms with E-state index in [1.165, 1.54) is 11.0 Å². The lowest BCUT2D eigenvalue weighted by Gasteiger charge is -2.39. The molecular weight excluding hydrogens is 500 g/mol. The van der Waals surface area contributed by atoms with Gasteiger partial charge in [-0.15, -0.1) is 0 Å². The van der Waals surface area contributed by atoms with Crippen molar-refractivity contribution in [3.05, 3.63) is 29.5 Å². The molecule has 0 aliphatic carbocycles. The van der Waals surface area contributed by atoms with E-state index in [4.69, 9.17) is 9.47 Å². The van der Waals surface area contributed by atoms with Crippen molar-refractivity contribution in [2.24, 2.45) is 4.99 Å². The normalized spacial score (nSPS) is 31.2. The lowest BCUT2D eigenvalue weighted by molar-refractivity contribution is -0.277. The molecule has 1 aromatic rings. The molecule has 0 bridgehead atoms. The van der Waals surface area contributed by atoms with Crippen LogP contribution in [-0.4, -0.2) is 114 Å². The van der Waals surface area contributed by atoms with Gasteiger partial charge in [0.1, 0.15) is 36.2 Å². The average Bonchev–Trinajstić information content (AvgIpc) is 3.22. The van der Waals surface area contributed by atoms with E-state index >= 15 is 0 Å². The van der Waals surface area contributed by atoms with Gasteiger partial charge in [0.25, 0.3) is 0 Å². The third-order valence-corrected chi connectivity index (χ3v) is 6.34. The van der Waals surface area contributed by atoms with Gasteiger partial charge in [0.2, 0.25) is 6.29 Å². The fourth-order valence-electron chi connectivity index (χ4n) is 4.48. The Labute approximate surface area is 207 Å². The number of dihydropyridines is 1. The predicted octanol–water partition coefficient (Wildman–Crippen LogP) is -2.35. The van der Waals surface area contributed by atoms with E-state index in [9.17, 15) is 55.2 Å². The minimum Gasteiger partial charge on any atom is -0.504 e. The summed E-state index contributed by atoms with van der Waals surface area (Å²) in [6, 6.07) is -0.370. The summed E-state index contributed by atoms with van der Waals surface area (Å²) in [5, 5.41) is 78.6. The number of aliphatic hydroxyl groups is 4. The minimum absolute atomic E-state index is 0.0490. The van der Waals surface area contributed by atoms with Crippen LogP contribution in [0.5, 0.6) is 11.5 Å². The van der Waals surface area contributed by atoms with Gasteiger partial charge in [-0.25, -0.2) is 14.4 Å². The summed E-state index contributed by atoms with van der Waals surface area (Å²) in [7, 11) is 0. The summed E-state index contributed by atoms with van der Waals surface area (Å²) in [5.74, 6) is -5.03. The number of fused-ring (bicyclic) bond motifs is 1. The van der Waals surface area contributed by atoms with Crippen molar-refractivity contribution in [2.75, 3.05) is 11.5 Å². The summed E-state index contributed by atoms with van der Waals surface area (Å²) in [5.41, 5.74) is -0.0592. The number of aromatic hydroxyl groups is 1. The maximum atomic E-state index is 12.1. The topological polar surface area (TPSA) is 247 Å². The van der Waals surface area contributed by atoms with Crippen molar-refractivity contribution in [3.63, 3.8) is 0 Å². The Bertz CT molecular complexity index is 1180. The lowest BCUT2D eigenvalue weighted by Crippen LogP contribution is -2.60. The average molecular weight is 524 g/mol. The number of nitrogens with zero attached hydrogens (tertiary/aromatic N) is 2. The Balaban J connectivity index is 1.69. The van der Waals surface area contributed by atoms with Gasteiger partial charge in [-0.1, -0.05) is 0 Å². The van der Waals surface area contributed by atoms with Crippen LogP contribution in [0.4, 0.5) is 5.69 Å². The molecule has 3 aliphatic rings. The second kappa shape index (κ2) is 9.95. The van der Waals surface area contributed by atoms with Gasteiger partial charge in [0.15, 0.2) is 17.5 Å². The van der Waals surface area contributed by atoms with Gasteiger partial charge in [-0.2, -0.15) is 0 Å². The van der Waals surface area contributed by atoms with Crippen molar-refractivity contribution >= 4 is 29.3 Å². The number of hydrogen-bond acceptors (Lipinski definition) is 12. The molecule has 1 saturated heterocycles. The number of aliphatic imine (C=N–C) groups is 1. The molecule has 3 aliphatic heterocycles. The van der Waals surface area contributed by atoms with Crippen molar-refractivity contribution in [1.82, 2.24) is 0 Å². The van der Waals surface area contributed by atoms with Crippen molar-refractivity contribution < 1.29 is 64.7 Å². The maximum absolute atomic E-state index is 12.1. The minimum atomic E-state index is -1.76. The number of phenols is 1. The quantitative estimate of drug-likeness (QED) is 0.186. The number of ether oxygens (including phenoxy) is 2. The van der Waals surface area contributed by atoms with E-state index in [0.29, 0.717) is 5.56 Å². The molecular formula is C22H24N2O13. The number of aliphatic hydroxyl groups excluding tert-OH is 4. The molecule has 7 unspecified atom stereocenters. The van der Waals surface area contributed by atoms with Gasteiger partial charge in [0, 0.05) is 30.3 Å². The van der Waals surface area contributed by atoms with Gasteiger partial charge >= 0.3 is 17.9 Å². The molecule has 0 spiro atoms. The van der Waals surface area contributed by atoms with Crippen LogP contribution in [0.2, 0.25) is 0 Å². The van der Waals surface area contributed by atoms with Crippen molar-refractivity contribution in [1.29, 1.82) is 0 Å². The Morgan fingerprint density at radius 2 is 1.73 bits per heavy atom. The first-order chi connectivity index (χ1) is 17.4. The molecule has 200 valence electrons. The van der Waals surface area contributed by atoms with E-state index in [2.05, 4.69) is 4.99 Å². The van der Waals surface area contributed by atoms with E-state index in [0.717, 1.165) is 12.1 Å². The SMILES string of the molecule is O=C(O)C1=NC(C(=O)O)CC(N2c3cc(O)c(OC4OC(CO)C(O)C(O)C4O)cc3CC2C(=O)O)=C1. The van der Waals surface area contributed by atoms with Gasteiger partial charge in [-0.05, 0) is 17.7 Å². The standard InChI is InChI=1S/C22H24N2O13/c25-6-15-16(27)17(28)18(29)22(37-15)36-14-2-7-1-12(21(34)35)24(11(7)5-13(14)26)8-3-9(19(30)31)23-10(4-8)20(32)33/h2-3,5,10,12,15-18,22,25-29H,1,4,6H2,(H,30,31)(H,32,33)(H,34,35). The van der Waals surface area contributed by atoms with Crippen LogP contribution in [0.25, 0.3) is 0 Å². The molecule has 15 heteroatoms. The fraction of sp³-hybridized carbons (Fsp3) is 0.455. The molecule has 1 aromatic carbocycles. The highest BCUT2D eigenvalue weighted by molar-refractivity contribution is 6.41. The van der Waals surface area contributed by atoms with Crippen LogP contribution in [0.15, 0.2) is 28.9 Å². The number of anilines is 1. The summed E-state index contributed by atoms with van der Waals surface area (Å²) in [4.78, 5) is 40.0. The number of rotatable bonds is 7. The summed E-state index contributed by atoms with van der Waals surface area (Å²) in [6.45, 7) is -0.704. The van der Waals surface area contributed by atoms with Gasteiger partial charge < -0.3 is 55.2 Å². The predicted molar refractivity (Wildman–Crippen MR) is 119 cm³/mol. The molecule has 3 heterocycles. The molecule has 37 heavy (non-hydrogen) atoms. The van der Waals surface area contributed by atoms with Gasteiger partial charge in [-0.3, -0.25) is 4.99 Å². The first-order valence-corrected chi connectivity index (χ1v) is 11.0. The second-order valence-corrected chi connectivity index (χ2v) is 8.71. The fourth-order valence-corrected chi connectivity index (χ4v) is 4.48. The Hall–Kier alpha value is -3.76. The van der Waals surface area contributed by atoms with Crippen LogP contribution in [-0.2, 0) is 25.5 Å². The molecule has 8 N–H and O–H groups in total. The molecule has 4 rings (SSSR count). The second-order valence-electron chi connectivity index (χ2n) is 8.71. The molecule has 0 amide bonds. The summed E-state index contributed by atoms with van der Waals surface area (Å²) in [6.07, 6.45) is -7.38. The zero-order valence-electron chi connectivity index (χ0n) is 18.9. The third-order valence-electron chi connectivity index (χ3n) is 6.34. The van der Waals surface area contributed by atoms with Crippen molar-refractivity contribution in [3.8, 4) is 11.5 Å². The zero-order valence-corrected chi connectivity index (χ0v) is 18.9. The Morgan fingerprint density at radius 1 is 1.03 bits per heavy atom. The van der Waals surface area contributed by atoms with Crippen LogP contribution in [0.3, 0.4) is 0 Å². The number of phenolic OH excluding ortho intramolecular Hbond substituents is 1. The number of hydrogen-bond donors (Lipinski definition) is 8. The van der Waals surface area contributed by atoms with Crippen LogP contribution < -0.4 is 9.64 Å². The van der Waals surface area contributed by atoms with Crippen LogP contribution in [0.1, 0.15) is 12.0 Å². The molecule has 0 saturated carbocycles. The highest BCUT2D eigenvalue weighted by Crippen LogP contribution is 2.44. The Kier molecular flexibility index (Phi) is 7.07. The van der Waals surface area contributed by atoms with Crippen molar-refractivity contribution in [2.45, 2.75) is 55.6 Å². The highest BCUT2D eigenvalue weighted by Gasteiger charge is 2.45. The number of aliphatic carboxylic acids is 3. The number of carbonyl (C=O) groups is 3. The van der Waals surface area contributed by atoms with E-state index in [1.54, 1.807) is 0 Å². The molecule has 7 atom stereocenters. The smallest absolute Gasteiger partial charge is 0.354 e. The van der Waals surface area contributed by atoms with Crippen LogP contribution in [0, 0.1) is 0 Å². The third kappa shape index (κ3) is 4.82. The molecule has 0 radical (unpaired) electrons. The first-order valence-electron chi connectivity index (χ1n) is 11.0. The monoisotopic (exact) mass is 524 g/mol. The number of carboxylic acids is 3.